The topological polar surface area (TPSA) is 0 Å². The minimum atomic E-state index is -1.25. The zero-order valence-electron chi connectivity index (χ0n) is 9.61. The molecule has 0 aliphatic rings. The van der Waals surface area contributed by atoms with Crippen molar-refractivity contribution in [2.45, 2.75) is 62.1 Å². The first-order valence-corrected chi connectivity index (χ1v) is 13.3. The Morgan fingerprint density at radius 3 is 2.00 bits per heavy atom. The molecule has 0 spiro atoms. The summed E-state index contributed by atoms with van der Waals surface area (Å²) in [6.07, 6.45) is 5.70. The summed E-state index contributed by atoms with van der Waals surface area (Å²) in [5, 5.41) is 1.58. The third-order valence-electron chi connectivity index (χ3n) is 2.44. The zero-order valence-corrected chi connectivity index (χ0v) is 11.7. The summed E-state index contributed by atoms with van der Waals surface area (Å²) in [5.74, 6) is 8.66. The second-order valence-corrected chi connectivity index (χ2v) is 16.8. The van der Waals surface area contributed by atoms with Crippen LogP contribution >= 0.6 is 0 Å². The molecule has 0 fully saturated rings. The van der Waals surface area contributed by atoms with E-state index < -0.39 is 13.3 Å². The van der Waals surface area contributed by atoms with Gasteiger partial charge >= 0.3 is 81.2 Å². The van der Waals surface area contributed by atoms with Crippen molar-refractivity contribution >= 4 is 13.3 Å². The average molecular weight is 231 g/mol. The molecule has 0 saturated carbocycles. The van der Waals surface area contributed by atoms with E-state index in [0.29, 0.717) is 0 Å². The molecule has 0 radical (unpaired) electrons. The molecular formula is C11H26Ge. The van der Waals surface area contributed by atoms with E-state index >= 15 is 0 Å². The Balaban J connectivity index is 3.67. The molecule has 0 aromatic heterocycles. The summed E-state index contributed by atoms with van der Waals surface area (Å²) in [5.41, 5.74) is 0. The van der Waals surface area contributed by atoms with Crippen LogP contribution in [0, 0.1) is 5.92 Å². The molecule has 12 heavy (non-hydrogen) atoms. The van der Waals surface area contributed by atoms with Gasteiger partial charge < -0.3 is 0 Å². The van der Waals surface area contributed by atoms with E-state index in [1.807, 2.05) is 0 Å². The molecule has 0 N–H and O–H groups in total. The molecule has 1 atom stereocenters. The molecule has 0 aliphatic carbocycles. The van der Waals surface area contributed by atoms with Crippen molar-refractivity contribution in [1.82, 2.24) is 0 Å². The van der Waals surface area contributed by atoms with E-state index in [9.17, 15) is 0 Å². The Labute approximate surface area is 81.5 Å². The van der Waals surface area contributed by atoms with Crippen molar-refractivity contribution in [3.63, 3.8) is 0 Å². The van der Waals surface area contributed by atoms with Crippen LogP contribution in [0.2, 0.25) is 22.5 Å². The standard InChI is InChI=1S/C11H26Ge/c1-6-8-9-11(7-2)10-12(3,4)5/h11H,6-10H2,1-5H3. The van der Waals surface area contributed by atoms with Gasteiger partial charge in [0.2, 0.25) is 0 Å². The van der Waals surface area contributed by atoms with Crippen molar-refractivity contribution in [1.29, 1.82) is 0 Å². The van der Waals surface area contributed by atoms with Crippen LogP contribution in [0.3, 0.4) is 0 Å². The van der Waals surface area contributed by atoms with Gasteiger partial charge in [0.15, 0.2) is 0 Å². The predicted molar refractivity (Wildman–Crippen MR) is 61.5 cm³/mol. The SMILES string of the molecule is CCCCC(CC)[CH2][Ge]([CH3])([CH3])[CH3]. The first-order chi connectivity index (χ1) is 5.49. The molecule has 0 bridgehead atoms. The second kappa shape index (κ2) is 6.07. The van der Waals surface area contributed by atoms with Gasteiger partial charge in [0, 0.05) is 0 Å². The van der Waals surface area contributed by atoms with Crippen molar-refractivity contribution in [2.75, 3.05) is 0 Å². The summed E-state index contributed by atoms with van der Waals surface area (Å²) in [7, 11) is 0. The van der Waals surface area contributed by atoms with Crippen LogP contribution < -0.4 is 0 Å². The number of unbranched alkanes of at least 4 members (excludes halogenated alkanes) is 1. The number of rotatable bonds is 6. The quantitative estimate of drug-likeness (QED) is 0.588. The minimum absolute atomic E-state index is 1.05. The van der Waals surface area contributed by atoms with Crippen LogP contribution in [0.5, 0.6) is 0 Å². The molecule has 1 heteroatoms. The summed E-state index contributed by atoms with van der Waals surface area (Å²) in [6.45, 7) is 4.65. The Kier molecular flexibility index (Phi) is 6.34. The summed E-state index contributed by atoms with van der Waals surface area (Å²) >= 11 is -1.25. The molecule has 0 aromatic rings. The number of hydrogen-bond acceptors (Lipinski definition) is 0. The van der Waals surface area contributed by atoms with E-state index in [-0.39, 0.29) is 0 Å². The van der Waals surface area contributed by atoms with Gasteiger partial charge in [0.25, 0.3) is 0 Å². The van der Waals surface area contributed by atoms with Crippen LogP contribution in [0.1, 0.15) is 39.5 Å². The van der Waals surface area contributed by atoms with Crippen molar-refractivity contribution in [3.8, 4) is 0 Å². The first-order valence-electron chi connectivity index (χ1n) is 5.49. The molecule has 74 valence electrons. The van der Waals surface area contributed by atoms with Gasteiger partial charge in [-0.05, 0) is 0 Å². The van der Waals surface area contributed by atoms with Crippen LogP contribution in [0.25, 0.3) is 0 Å². The van der Waals surface area contributed by atoms with Crippen LogP contribution in [-0.2, 0) is 0 Å². The van der Waals surface area contributed by atoms with Gasteiger partial charge in [0.05, 0.1) is 0 Å². The molecule has 0 aromatic carbocycles. The van der Waals surface area contributed by atoms with Gasteiger partial charge in [-0.1, -0.05) is 0 Å². The van der Waals surface area contributed by atoms with E-state index in [1.165, 1.54) is 25.7 Å². The molecule has 0 aliphatic heterocycles. The monoisotopic (exact) mass is 232 g/mol. The van der Waals surface area contributed by atoms with Crippen LogP contribution in [0.15, 0.2) is 0 Å². The Bertz CT molecular complexity index is 102. The second-order valence-electron chi connectivity index (χ2n) is 5.18. The molecule has 0 heterocycles. The van der Waals surface area contributed by atoms with Crippen molar-refractivity contribution in [2.24, 2.45) is 5.92 Å². The van der Waals surface area contributed by atoms with E-state index in [2.05, 4.69) is 31.1 Å². The first kappa shape index (κ1) is 12.5. The number of hydrogen-bond donors (Lipinski definition) is 0. The fourth-order valence-electron chi connectivity index (χ4n) is 1.81. The zero-order chi connectivity index (χ0) is 9.61. The maximum absolute atomic E-state index is 2.54. The Hall–Kier alpha value is 0.543. The molecule has 1 unspecified atom stereocenters. The van der Waals surface area contributed by atoms with Crippen molar-refractivity contribution < 1.29 is 0 Å². The van der Waals surface area contributed by atoms with Gasteiger partial charge in [-0.15, -0.1) is 0 Å². The molecule has 0 rings (SSSR count). The van der Waals surface area contributed by atoms with E-state index in [1.54, 1.807) is 5.25 Å². The predicted octanol–water partition coefficient (Wildman–Crippen LogP) is 4.54. The molecule has 0 saturated heterocycles. The van der Waals surface area contributed by atoms with Gasteiger partial charge in [-0.3, -0.25) is 0 Å². The van der Waals surface area contributed by atoms with Crippen LogP contribution in [0.4, 0.5) is 0 Å². The molecule has 0 nitrogen and oxygen atoms in total. The van der Waals surface area contributed by atoms with Crippen molar-refractivity contribution in [3.05, 3.63) is 0 Å². The Morgan fingerprint density at radius 1 is 1.08 bits per heavy atom. The third kappa shape index (κ3) is 7.21. The maximum atomic E-state index is 2.54. The molecule has 0 amide bonds. The third-order valence-corrected chi connectivity index (χ3v) is 6.23. The van der Waals surface area contributed by atoms with Crippen LogP contribution in [-0.4, -0.2) is 13.3 Å². The fourth-order valence-corrected chi connectivity index (χ4v) is 6.48. The summed E-state index contributed by atoms with van der Waals surface area (Å²) < 4.78 is 0. The summed E-state index contributed by atoms with van der Waals surface area (Å²) in [4.78, 5) is 0. The molecular weight excluding hydrogens is 205 g/mol. The van der Waals surface area contributed by atoms with E-state index in [4.69, 9.17) is 0 Å². The average Bonchev–Trinajstić information content (AvgIpc) is 1.95. The summed E-state index contributed by atoms with van der Waals surface area (Å²) in [6, 6.07) is 0. The fraction of sp³-hybridized carbons (Fsp3) is 1.00. The Morgan fingerprint density at radius 2 is 1.67 bits per heavy atom. The normalized spacial score (nSPS) is 14.8. The van der Waals surface area contributed by atoms with Gasteiger partial charge in [-0.25, -0.2) is 0 Å². The van der Waals surface area contributed by atoms with Gasteiger partial charge in [-0.2, -0.15) is 0 Å². The van der Waals surface area contributed by atoms with Gasteiger partial charge in [0.1, 0.15) is 0 Å². The van der Waals surface area contributed by atoms with E-state index in [0.717, 1.165) is 5.92 Å².